The molecule has 0 aliphatic rings. The summed E-state index contributed by atoms with van der Waals surface area (Å²) in [7, 11) is -2.40. The Bertz CT molecular complexity index is 733. The monoisotopic (exact) mass is 366 g/mol. The fraction of sp³-hybridized carbons (Fsp3) is 0.250. The SMILES string of the molecule is CN(Cc1cscn1)S(=O)(=O)c1cc(Cl)cc(CO)c1Cl. The number of halogens is 2. The van der Waals surface area contributed by atoms with Crippen molar-refractivity contribution < 1.29 is 13.5 Å². The lowest BCUT2D eigenvalue weighted by molar-refractivity contribution is 0.281. The van der Waals surface area contributed by atoms with Crippen molar-refractivity contribution >= 4 is 44.6 Å². The van der Waals surface area contributed by atoms with Gasteiger partial charge in [0.2, 0.25) is 10.0 Å². The van der Waals surface area contributed by atoms with Gasteiger partial charge < -0.3 is 5.11 Å². The topological polar surface area (TPSA) is 70.5 Å². The molecule has 21 heavy (non-hydrogen) atoms. The third-order valence-corrected chi connectivity index (χ3v) is 6.05. The molecule has 0 unspecified atom stereocenters. The summed E-state index contributed by atoms with van der Waals surface area (Å²) in [5.41, 5.74) is 2.54. The second-order valence-corrected chi connectivity index (χ2v) is 7.82. The van der Waals surface area contributed by atoms with Crippen LogP contribution < -0.4 is 0 Å². The van der Waals surface area contributed by atoms with Crippen molar-refractivity contribution in [2.75, 3.05) is 7.05 Å². The first-order valence-electron chi connectivity index (χ1n) is 5.78. The zero-order valence-electron chi connectivity index (χ0n) is 11.0. The van der Waals surface area contributed by atoms with Crippen LogP contribution in [-0.4, -0.2) is 29.9 Å². The number of hydrogen-bond donors (Lipinski definition) is 1. The molecule has 0 aliphatic carbocycles. The minimum Gasteiger partial charge on any atom is -0.392 e. The van der Waals surface area contributed by atoms with Gasteiger partial charge in [0.1, 0.15) is 4.90 Å². The number of nitrogens with zero attached hydrogens (tertiary/aromatic N) is 2. The van der Waals surface area contributed by atoms with E-state index in [9.17, 15) is 13.5 Å². The Kier molecular flexibility index (Phi) is 5.24. The Morgan fingerprint density at radius 3 is 2.67 bits per heavy atom. The van der Waals surface area contributed by atoms with Gasteiger partial charge in [0, 0.05) is 17.5 Å². The van der Waals surface area contributed by atoms with E-state index in [1.165, 1.54) is 30.5 Å². The first kappa shape index (κ1) is 16.7. The number of aromatic nitrogens is 1. The second-order valence-electron chi connectivity index (χ2n) is 4.28. The van der Waals surface area contributed by atoms with E-state index in [1.807, 2.05) is 0 Å². The predicted octanol–water partition coefficient (Wildman–Crippen LogP) is 2.76. The number of aliphatic hydroxyl groups is 1. The van der Waals surface area contributed by atoms with Crippen molar-refractivity contribution in [2.45, 2.75) is 18.0 Å². The summed E-state index contributed by atoms with van der Waals surface area (Å²) in [5.74, 6) is 0. The summed E-state index contributed by atoms with van der Waals surface area (Å²) in [6.45, 7) is -0.263. The number of thiazole rings is 1. The maximum absolute atomic E-state index is 12.6. The van der Waals surface area contributed by atoms with Gasteiger partial charge in [0.25, 0.3) is 0 Å². The van der Waals surface area contributed by atoms with Crippen LogP contribution in [0.5, 0.6) is 0 Å². The molecule has 2 aromatic rings. The van der Waals surface area contributed by atoms with E-state index in [2.05, 4.69) is 4.98 Å². The highest BCUT2D eigenvalue weighted by molar-refractivity contribution is 7.89. The average Bonchev–Trinajstić information content (AvgIpc) is 2.93. The summed E-state index contributed by atoms with van der Waals surface area (Å²) in [6, 6.07) is 2.71. The summed E-state index contributed by atoms with van der Waals surface area (Å²) in [5, 5.41) is 11.2. The number of aliphatic hydroxyl groups excluding tert-OH is 1. The molecular formula is C12H12Cl2N2O3S2. The van der Waals surface area contributed by atoms with E-state index in [0.717, 1.165) is 4.31 Å². The number of hydrogen-bond acceptors (Lipinski definition) is 5. The van der Waals surface area contributed by atoms with Crippen LogP contribution >= 0.6 is 34.5 Å². The molecule has 5 nitrogen and oxygen atoms in total. The molecule has 0 saturated heterocycles. The maximum Gasteiger partial charge on any atom is 0.244 e. The van der Waals surface area contributed by atoms with Gasteiger partial charge >= 0.3 is 0 Å². The average molecular weight is 367 g/mol. The van der Waals surface area contributed by atoms with Crippen molar-refractivity contribution in [3.8, 4) is 0 Å². The summed E-state index contributed by atoms with van der Waals surface area (Å²) in [6.07, 6.45) is 0. The lowest BCUT2D eigenvalue weighted by Crippen LogP contribution is -2.27. The molecule has 0 radical (unpaired) electrons. The van der Waals surface area contributed by atoms with Crippen molar-refractivity contribution in [3.05, 3.63) is 44.3 Å². The van der Waals surface area contributed by atoms with Crippen LogP contribution in [0.25, 0.3) is 0 Å². The molecule has 0 aliphatic heterocycles. The molecule has 0 bridgehead atoms. The number of rotatable bonds is 5. The third-order valence-electron chi connectivity index (χ3n) is 2.81. The van der Waals surface area contributed by atoms with Crippen LogP contribution in [0.15, 0.2) is 27.9 Å². The number of sulfonamides is 1. The van der Waals surface area contributed by atoms with E-state index in [-0.39, 0.29) is 27.0 Å². The van der Waals surface area contributed by atoms with Gasteiger partial charge in [0.05, 0.1) is 29.4 Å². The van der Waals surface area contributed by atoms with Crippen LogP contribution in [0.2, 0.25) is 10.0 Å². The van der Waals surface area contributed by atoms with Crippen molar-refractivity contribution in [1.82, 2.24) is 9.29 Å². The predicted molar refractivity (Wildman–Crippen MR) is 83.2 cm³/mol. The fourth-order valence-corrected chi connectivity index (χ4v) is 4.31. The Morgan fingerprint density at radius 2 is 2.10 bits per heavy atom. The molecule has 9 heteroatoms. The van der Waals surface area contributed by atoms with Crippen molar-refractivity contribution in [1.29, 1.82) is 0 Å². The van der Waals surface area contributed by atoms with E-state index < -0.39 is 16.6 Å². The molecule has 1 aromatic heterocycles. The molecule has 1 N–H and O–H groups in total. The van der Waals surface area contributed by atoms with E-state index in [4.69, 9.17) is 23.2 Å². The zero-order chi connectivity index (χ0) is 15.6. The molecule has 2 rings (SSSR count). The molecule has 0 spiro atoms. The Hall–Kier alpha value is -0.700. The van der Waals surface area contributed by atoms with Gasteiger partial charge in [-0.3, -0.25) is 0 Å². The molecular weight excluding hydrogens is 355 g/mol. The van der Waals surface area contributed by atoms with Crippen molar-refractivity contribution in [2.24, 2.45) is 0 Å². The summed E-state index contributed by atoms with van der Waals surface area (Å²) in [4.78, 5) is 3.92. The molecule has 1 heterocycles. The smallest absolute Gasteiger partial charge is 0.244 e. The van der Waals surface area contributed by atoms with Gasteiger partial charge in [-0.2, -0.15) is 4.31 Å². The summed E-state index contributed by atoms with van der Waals surface area (Å²) < 4.78 is 26.3. The van der Waals surface area contributed by atoms with Gasteiger partial charge in [-0.25, -0.2) is 13.4 Å². The van der Waals surface area contributed by atoms with E-state index in [1.54, 1.807) is 10.9 Å². The normalized spacial score (nSPS) is 12.0. The maximum atomic E-state index is 12.6. The first-order valence-corrected chi connectivity index (χ1v) is 8.92. The molecule has 0 fully saturated rings. The van der Waals surface area contributed by atoms with Gasteiger partial charge in [-0.1, -0.05) is 23.2 Å². The standard InChI is InChI=1S/C12H12Cl2N2O3S2/c1-16(4-10-6-20-7-15-10)21(18,19)11-3-9(13)2-8(5-17)12(11)14/h2-3,6-7,17H,4-5H2,1H3. The largest absolute Gasteiger partial charge is 0.392 e. The summed E-state index contributed by atoms with van der Waals surface area (Å²) >= 11 is 13.3. The fourth-order valence-electron chi connectivity index (χ4n) is 1.72. The highest BCUT2D eigenvalue weighted by Gasteiger charge is 2.26. The molecule has 0 amide bonds. The minimum atomic E-state index is -3.83. The lowest BCUT2D eigenvalue weighted by atomic mass is 10.2. The molecule has 114 valence electrons. The van der Waals surface area contributed by atoms with Crippen LogP contribution in [0, 0.1) is 0 Å². The van der Waals surface area contributed by atoms with Crippen LogP contribution in [0.4, 0.5) is 0 Å². The third kappa shape index (κ3) is 3.56. The van der Waals surface area contributed by atoms with Crippen LogP contribution in [-0.2, 0) is 23.2 Å². The first-order chi connectivity index (χ1) is 9.86. The van der Waals surface area contributed by atoms with Gasteiger partial charge in [-0.05, 0) is 17.7 Å². The highest BCUT2D eigenvalue weighted by Crippen LogP contribution is 2.31. The lowest BCUT2D eigenvalue weighted by Gasteiger charge is -2.18. The zero-order valence-corrected chi connectivity index (χ0v) is 14.1. The highest BCUT2D eigenvalue weighted by atomic mass is 35.5. The second kappa shape index (κ2) is 6.60. The molecule has 0 atom stereocenters. The van der Waals surface area contributed by atoms with Crippen molar-refractivity contribution in [3.63, 3.8) is 0 Å². The van der Waals surface area contributed by atoms with E-state index in [0.29, 0.717) is 5.69 Å². The van der Waals surface area contributed by atoms with Gasteiger partial charge in [0.15, 0.2) is 0 Å². The Labute approximate surface area is 136 Å². The quantitative estimate of drug-likeness (QED) is 0.882. The van der Waals surface area contributed by atoms with Crippen LogP contribution in [0.3, 0.4) is 0 Å². The van der Waals surface area contributed by atoms with E-state index >= 15 is 0 Å². The van der Waals surface area contributed by atoms with Gasteiger partial charge in [-0.15, -0.1) is 11.3 Å². The minimum absolute atomic E-state index is 0.0213. The Morgan fingerprint density at radius 1 is 1.38 bits per heavy atom. The molecule has 0 saturated carbocycles. The molecule has 1 aromatic carbocycles. The number of benzene rings is 1. The Balaban J connectivity index is 2.41. The van der Waals surface area contributed by atoms with Crippen LogP contribution in [0.1, 0.15) is 11.3 Å².